The Morgan fingerprint density at radius 1 is 1.09 bits per heavy atom. The second-order valence-corrected chi connectivity index (χ2v) is 5.73. The third-order valence-electron chi connectivity index (χ3n) is 3.90. The molecule has 0 amide bonds. The van der Waals surface area contributed by atoms with Crippen molar-refractivity contribution in [2.75, 3.05) is 0 Å². The van der Waals surface area contributed by atoms with Crippen LogP contribution in [0, 0.1) is 11.3 Å². The van der Waals surface area contributed by atoms with Gasteiger partial charge in [-0.25, -0.2) is 4.68 Å². The molecule has 0 saturated carbocycles. The molecule has 1 unspecified atom stereocenters. The van der Waals surface area contributed by atoms with E-state index >= 15 is 0 Å². The molecule has 3 rings (SSSR count). The van der Waals surface area contributed by atoms with Gasteiger partial charge >= 0.3 is 0 Å². The van der Waals surface area contributed by atoms with E-state index in [1.807, 2.05) is 53.3 Å². The van der Waals surface area contributed by atoms with Crippen molar-refractivity contribution >= 4 is 0 Å². The number of aromatic nitrogens is 3. The molecule has 0 aliphatic carbocycles. The summed E-state index contributed by atoms with van der Waals surface area (Å²) in [5.41, 5.74) is 4.10. The summed E-state index contributed by atoms with van der Waals surface area (Å²) < 4.78 is 1.87. The standard InChI is InChI=1S/C19H18N4/c1-15(18-9-7-16(12-20)8-10-18)11-19-14-23(22-21-19)13-17-5-3-2-4-6-17/h2-10,14-15H,11,13H2,1H3. The SMILES string of the molecule is CC(Cc1cn(Cc2ccccc2)nn1)c1ccc(C#N)cc1. The van der Waals surface area contributed by atoms with Gasteiger partial charge in [-0.3, -0.25) is 0 Å². The molecule has 1 aromatic heterocycles. The van der Waals surface area contributed by atoms with E-state index in [0.717, 1.165) is 18.7 Å². The molecule has 0 saturated heterocycles. The van der Waals surface area contributed by atoms with Crippen molar-refractivity contribution in [2.24, 2.45) is 0 Å². The molecule has 0 fully saturated rings. The molecule has 1 atom stereocenters. The van der Waals surface area contributed by atoms with Crippen LogP contribution in [-0.2, 0) is 13.0 Å². The lowest BCUT2D eigenvalue weighted by Gasteiger charge is -2.09. The highest BCUT2D eigenvalue weighted by Crippen LogP contribution is 2.19. The van der Waals surface area contributed by atoms with Gasteiger partial charge < -0.3 is 0 Å². The van der Waals surface area contributed by atoms with Crippen molar-refractivity contribution < 1.29 is 0 Å². The van der Waals surface area contributed by atoms with Gasteiger partial charge in [0.25, 0.3) is 0 Å². The zero-order valence-corrected chi connectivity index (χ0v) is 13.1. The van der Waals surface area contributed by atoms with Crippen LogP contribution in [0.5, 0.6) is 0 Å². The topological polar surface area (TPSA) is 54.5 Å². The second kappa shape index (κ2) is 6.89. The van der Waals surface area contributed by atoms with E-state index in [1.165, 1.54) is 11.1 Å². The molecule has 2 aromatic carbocycles. The Labute approximate surface area is 136 Å². The van der Waals surface area contributed by atoms with Crippen LogP contribution in [0.25, 0.3) is 0 Å². The minimum absolute atomic E-state index is 0.338. The Balaban J connectivity index is 1.65. The average Bonchev–Trinajstić information content (AvgIpc) is 3.02. The molecule has 4 heteroatoms. The fourth-order valence-electron chi connectivity index (χ4n) is 2.60. The van der Waals surface area contributed by atoms with Crippen molar-refractivity contribution in [1.82, 2.24) is 15.0 Å². The lowest BCUT2D eigenvalue weighted by molar-refractivity contribution is 0.648. The first-order chi connectivity index (χ1) is 11.2. The van der Waals surface area contributed by atoms with E-state index in [1.54, 1.807) is 0 Å². The Morgan fingerprint density at radius 2 is 1.83 bits per heavy atom. The van der Waals surface area contributed by atoms with Crippen LogP contribution in [0.15, 0.2) is 60.8 Å². The molecule has 114 valence electrons. The first-order valence-corrected chi connectivity index (χ1v) is 7.67. The zero-order valence-electron chi connectivity index (χ0n) is 13.1. The number of hydrogen-bond donors (Lipinski definition) is 0. The monoisotopic (exact) mass is 302 g/mol. The summed E-state index contributed by atoms with van der Waals surface area (Å²) in [4.78, 5) is 0. The molecule has 3 aromatic rings. The predicted octanol–water partition coefficient (Wildman–Crippen LogP) is 3.54. The van der Waals surface area contributed by atoms with E-state index in [0.29, 0.717) is 11.5 Å². The van der Waals surface area contributed by atoms with Crippen LogP contribution >= 0.6 is 0 Å². The Morgan fingerprint density at radius 3 is 2.52 bits per heavy atom. The molecule has 4 nitrogen and oxygen atoms in total. The quantitative estimate of drug-likeness (QED) is 0.724. The van der Waals surface area contributed by atoms with E-state index in [9.17, 15) is 0 Å². The zero-order chi connectivity index (χ0) is 16.1. The van der Waals surface area contributed by atoms with Gasteiger partial charge in [0.05, 0.1) is 23.9 Å². The minimum Gasteiger partial charge on any atom is -0.248 e. The largest absolute Gasteiger partial charge is 0.248 e. The summed E-state index contributed by atoms with van der Waals surface area (Å²) >= 11 is 0. The molecule has 23 heavy (non-hydrogen) atoms. The summed E-state index contributed by atoms with van der Waals surface area (Å²) in [5, 5.41) is 17.3. The summed E-state index contributed by atoms with van der Waals surface area (Å²) in [6, 6.07) is 20.1. The maximum Gasteiger partial charge on any atom is 0.0991 e. The molecular weight excluding hydrogens is 284 g/mol. The smallest absolute Gasteiger partial charge is 0.0991 e. The van der Waals surface area contributed by atoms with Gasteiger partial charge in [-0.15, -0.1) is 5.10 Å². The van der Waals surface area contributed by atoms with Crippen molar-refractivity contribution in [3.8, 4) is 6.07 Å². The Hall–Kier alpha value is -2.93. The normalized spacial score (nSPS) is 11.8. The molecule has 0 aliphatic rings. The third-order valence-corrected chi connectivity index (χ3v) is 3.90. The van der Waals surface area contributed by atoms with Gasteiger partial charge in [-0.05, 0) is 35.6 Å². The van der Waals surface area contributed by atoms with Gasteiger partial charge in [-0.2, -0.15) is 5.26 Å². The highest BCUT2D eigenvalue weighted by molar-refractivity contribution is 5.33. The van der Waals surface area contributed by atoms with E-state index in [-0.39, 0.29) is 0 Å². The summed E-state index contributed by atoms with van der Waals surface area (Å²) in [7, 11) is 0. The van der Waals surface area contributed by atoms with Crippen molar-refractivity contribution in [2.45, 2.75) is 25.8 Å². The maximum absolute atomic E-state index is 8.86. The number of rotatable bonds is 5. The molecule has 0 bridgehead atoms. The maximum atomic E-state index is 8.86. The average molecular weight is 302 g/mol. The summed E-state index contributed by atoms with van der Waals surface area (Å²) in [6.45, 7) is 2.90. The minimum atomic E-state index is 0.338. The van der Waals surface area contributed by atoms with Crippen LogP contribution in [0.2, 0.25) is 0 Å². The van der Waals surface area contributed by atoms with Crippen molar-refractivity contribution in [3.05, 3.63) is 83.2 Å². The van der Waals surface area contributed by atoms with Crippen LogP contribution < -0.4 is 0 Å². The number of benzene rings is 2. The first kappa shape index (κ1) is 15.0. The van der Waals surface area contributed by atoms with Crippen LogP contribution in [0.1, 0.15) is 35.2 Å². The van der Waals surface area contributed by atoms with E-state index < -0.39 is 0 Å². The lowest BCUT2D eigenvalue weighted by atomic mass is 9.96. The van der Waals surface area contributed by atoms with Gasteiger partial charge in [0.15, 0.2) is 0 Å². The van der Waals surface area contributed by atoms with Crippen LogP contribution in [0.4, 0.5) is 0 Å². The van der Waals surface area contributed by atoms with Crippen LogP contribution in [-0.4, -0.2) is 15.0 Å². The summed E-state index contributed by atoms with van der Waals surface area (Å²) in [5.74, 6) is 0.338. The fraction of sp³-hybridized carbons (Fsp3) is 0.211. The molecular formula is C19H18N4. The van der Waals surface area contributed by atoms with E-state index in [4.69, 9.17) is 5.26 Å². The molecule has 0 spiro atoms. The fourth-order valence-corrected chi connectivity index (χ4v) is 2.60. The third kappa shape index (κ3) is 3.83. The van der Waals surface area contributed by atoms with Gasteiger partial charge in [0.1, 0.15) is 0 Å². The highest BCUT2D eigenvalue weighted by Gasteiger charge is 2.10. The predicted molar refractivity (Wildman–Crippen MR) is 88.8 cm³/mol. The number of nitrogens with zero attached hydrogens (tertiary/aromatic N) is 4. The van der Waals surface area contributed by atoms with Crippen molar-refractivity contribution in [3.63, 3.8) is 0 Å². The number of nitriles is 1. The van der Waals surface area contributed by atoms with Gasteiger partial charge in [-0.1, -0.05) is 54.6 Å². The van der Waals surface area contributed by atoms with Crippen molar-refractivity contribution in [1.29, 1.82) is 5.26 Å². The Kier molecular flexibility index (Phi) is 4.49. The molecule has 0 N–H and O–H groups in total. The summed E-state index contributed by atoms with van der Waals surface area (Å²) in [6.07, 6.45) is 2.84. The highest BCUT2D eigenvalue weighted by atomic mass is 15.4. The number of hydrogen-bond acceptors (Lipinski definition) is 3. The Bertz CT molecular complexity index is 797. The molecule has 0 radical (unpaired) electrons. The second-order valence-electron chi connectivity index (χ2n) is 5.73. The van der Waals surface area contributed by atoms with Crippen LogP contribution in [0.3, 0.4) is 0 Å². The van der Waals surface area contributed by atoms with Gasteiger partial charge in [0, 0.05) is 6.20 Å². The van der Waals surface area contributed by atoms with Gasteiger partial charge in [0.2, 0.25) is 0 Å². The molecule has 1 heterocycles. The molecule has 0 aliphatic heterocycles. The first-order valence-electron chi connectivity index (χ1n) is 7.67. The van der Waals surface area contributed by atoms with E-state index in [2.05, 4.69) is 35.4 Å². The lowest BCUT2D eigenvalue weighted by Crippen LogP contribution is -2.00.